The Bertz CT molecular complexity index is 653. The Morgan fingerprint density at radius 2 is 2.16 bits per heavy atom. The summed E-state index contributed by atoms with van der Waals surface area (Å²) in [5.74, 6) is -0.418. The van der Waals surface area contributed by atoms with E-state index in [0.717, 1.165) is 43.7 Å². The van der Waals surface area contributed by atoms with E-state index in [1.54, 1.807) is 18.0 Å². The van der Waals surface area contributed by atoms with Gasteiger partial charge in [-0.05, 0) is 24.5 Å². The number of aromatic nitrogens is 1. The highest BCUT2D eigenvalue weighted by molar-refractivity contribution is 5.85. The van der Waals surface area contributed by atoms with Crippen molar-refractivity contribution < 1.29 is 9.59 Å². The van der Waals surface area contributed by atoms with Gasteiger partial charge in [0.15, 0.2) is 0 Å². The molecule has 0 radical (unpaired) electrons. The van der Waals surface area contributed by atoms with Crippen molar-refractivity contribution in [3.63, 3.8) is 0 Å². The van der Waals surface area contributed by atoms with E-state index in [4.69, 9.17) is 0 Å². The van der Waals surface area contributed by atoms with Gasteiger partial charge in [-0.2, -0.15) is 0 Å². The van der Waals surface area contributed by atoms with Crippen molar-refractivity contribution in [2.75, 3.05) is 26.2 Å². The predicted molar refractivity (Wildman–Crippen MR) is 95.9 cm³/mol. The van der Waals surface area contributed by atoms with E-state index >= 15 is 0 Å². The Morgan fingerprint density at radius 3 is 2.84 bits per heavy atom. The maximum absolute atomic E-state index is 12.9. The molecule has 6 heteroatoms. The second kappa shape index (κ2) is 7.78. The van der Waals surface area contributed by atoms with Crippen LogP contribution in [-0.2, 0) is 16.1 Å². The summed E-state index contributed by atoms with van der Waals surface area (Å²) in [5.41, 5.74) is 1.77. The van der Waals surface area contributed by atoms with Crippen LogP contribution in [0.2, 0.25) is 0 Å². The van der Waals surface area contributed by atoms with Crippen LogP contribution in [0.15, 0.2) is 31.0 Å². The standard InChI is InChI=1S/C19H26N4O2/c1-3-9-22-10-6-16(7-11-22)21-19(25)17-13-23(14(2)24)12-15-5-4-8-20-18(15)17/h3-5,8,16-17H,1,6-7,9-13H2,2H3,(H,21,25). The minimum Gasteiger partial charge on any atom is -0.353 e. The third-order valence-corrected chi connectivity index (χ3v) is 5.10. The number of piperidine rings is 1. The SMILES string of the molecule is C=CCN1CCC(NC(=O)C2CN(C(C)=O)Cc3cccnc32)CC1. The molecule has 1 unspecified atom stereocenters. The average Bonchev–Trinajstić information content (AvgIpc) is 2.62. The summed E-state index contributed by atoms with van der Waals surface area (Å²) in [6, 6.07) is 3.99. The van der Waals surface area contributed by atoms with Gasteiger partial charge in [0.1, 0.15) is 0 Å². The molecule has 1 atom stereocenters. The summed E-state index contributed by atoms with van der Waals surface area (Å²) >= 11 is 0. The molecule has 3 heterocycles. The molecule has 6 nitrogen and oxygen atoms in total. The monoisotopic (exact) mass is 342 g/mol. The third kappa shape index (κ3) is 4.07. The van der Waals surface area contributed by atoms with Crippen LogP contribution in [-0.4, -0.2) is 58.8 Å². The number of hydrogen-bond donors (Lipinski definition) is 1. The lowest BCUT2D eigenvalue weighted by molar-refractivity contribution is -0.132. The smallest absolute Gasteiger partial charge is 0.231 e. The van der Waals surface area contributed by atoms with Crippen LogP contribution in [0.3, 0.4) is 0 Å². The molecule has 0 bridgehead atoms. The summed E-state index contributed by atoms with van der Waals surface area (Å²) in [4.78, 5) is 33.2. The zero-order valence-corrected chi connectivity index (χ0v) is 14.8. The lowest BCUT2D eigenvalue weighted by Gasteiger charge is -2.35. The Hall–Kier alpha value is -2.21. The highest BCUT2D eigenvalue weighted by atomic mass is 16.2. The first kappa shape index (κ1) is 17.6. The average molecular weight is 342 g/mol. The minimum atomic E-state index is -0.389. The zero-order valence-electron chi connectivity index (χ0n) is 14.8. The Balaban J connectivity index is 1.67. The first-order valence-electron chi connectivity index (χ1n) is 8.91. The molecule has 3 rings (SSSR count). The van der Waals surface area contributed by atoms with E-state index in [1.165, 1.54) is 0 Å². The third-order valence-electron chi connectivity index (χ3n) is 5.10. The number of carbonyl (C=O) groups is 2. The molecule has 1 saturated heterocycles. The van der Waals surface area contributed by atoms with Crippen molar-refractivity contribution in [1.29, 1.82) is 0 Å². The van der Waals surface area contributed by atoms with Gasteiger partial charge < -0.3 is 10.2 Å². The predicted octanol–water partition coefficient (Wildman–Crippen LogP) is 1.29. The van der Waals surface area contributed by atoms with Crippen molar-refractivity contribution in [1.82, 2.24) is 20.1 Å². The lowest BCUT2D eigenvalue weighted by atomic mass is 9.93. The molecule has 0 spiro atoms. The van der Waals surface area contributed by atoms with E-state index in [9.17, 15) is 9.59 Å². The molecule has 1 aromatic rings. The number of likely N-dealkylation sites (tertiary alicyclic amines) is 1. The molecule has 2 aliphatic heterocycles. The van der Waals surface area contributed by atoms with Gasteiger partial charge in [0.25, 0.3) is 0 Å². The number of hydrogen-bond acceptors (Lipinski definition) is 4. The number of nitrogens with one attached hydrogen (secondary N) is 1. The van der Waals surface area contributed by atoms with Gasteiger partial charge in [-0.1, -0.05) is 12.1 Å². The second-order valence-electron chi connectivity index (χ2n) is 6.87. The topological polar surface area (TPSA) is 65.5 Å². The number of fused-ring (bicyclic) bond motifs is 1. The molecular weight excluding hydrogens is 316 g/mol. The van der Waals surface area contributed by atoms with Gasteiger partial charge in [0.05, 0.1) is 11.6 Å². The van der Waals surface area contributed by atoms with E-state index in [-0.39, 0.29) is 23.8 Å². The van der Waals surface area contributed by atoms with E-state index < -0.39 is 0 Å². The number of pyridine rings is 1. The molecule has 25 heavy (non-hydrogen) atoms. The van der Waals surface area contributed by atoms with Crippen molar-refractivity contribution >= 4 is 11.8 Å². The summed E-state index contributed by atoms with van der Waals surface area (Å²) < 4.78 is 0. The van der Waals surface area contributed by atoms with Gasteiger partial charge in [0, 0.05) is 51.9 Å². The largest absolute Gasteiger partial charge is 0.353 e. The van der Waals surface area contributed by atoms with Gasteiger partial charge >= 0.3 is 0 Å². The quantitative estimate of drug-likeness (QED) is 0.838. The van der Waals surface area contributed by atoms with E-state index in [0.29, 0.717) is 13.1 Å². The number of rotatable bonds is 4. The molecule has 2 amide bonds. The van der Waals surface area contributed by atoms with Crippen LogP contribution in [0.5, 0.6) is 0 Å². The number of carbonyl (C=O) groups excluding carboxylic acids is 2. The van der Waals surface area contributed by atoms with Crippen LogP contribution in [0, 0.1) is 0 Å². The Morgan fingerprint density at radius 1 is 1.40 bits per heavy atom. The maximum atomic E-state index is 12.9. The number of nitrogens with zero attached hydrogens (tertiary/aromatic N) is 3. The van der Waals surface area contributed by atoms with Crippen LogP contribution in [0.1, 0.15) is 36.9 Å². The molecule has 1 fully saturated rings. The molecule has 1 N–H and O–H groups in total. The van der Waals surface area contributed by atoms with Crippen LogP contribution in [0.25, 0.3) is 0 Å². The van der Waals surface area contributed by atoms with Gasteiger partial charge in [0.2, 0.25) is 11.8 Å². The zero-order chi connectivity index (χ0) is 17.8. The minimum absolute atomic E-state index is 0.00923. The summed E-state index contributed by atoms with van der Waals surface area (Å²) in [6.45, 7) is 9.09. The summed E-state index contributed by atoms with van der Waals surface area (Å²) in [7, 11) is 0. The fraction of sp³-hybridized carbons (Fsp3) is 0.526. The van der Waals surface area contributed by atoms with Gasteiger partial charge in [-0.25, -0.2) is 0 Å². The Labute approximate surface area is 148 Å². The Kier molecular flexibility index (Phi) is 5.48. The molecule has 134 valence electrons. The first-order chi connectivity index (χ1) is 12.1. The summed E-state index contributed by atoms with van der Waals surface area (Å²) in [5, 5.41) is 3.18. The van der Waals surface area contributed by atoms with Crippen LogP contribution < -0.4 is 5.32 Å². The fourth-order valence-corrected chi connectivity index (χ4v) is 3.67. The van der Waals surface area contributed by atoms with Crippen LogP contribution in [0.4, 0.5) is 0 Å². The number of amides is 2. The molecule has 2 aliphatic rings. The van der Waals surface area contributed by atoms with Gasteiger partial charge in [-0.3, -0.25) is 19.5 Å². The van der Waals surface area contributed by atoms with E-state index in [1.807, 2.05) is 18.2 Å². The molecule has 0 aromatic carbocycles. The van der Waals surface area contributed by atoms with Crippen molar-refractivity contribution in [2.45, 2.75) is 38.3 Å². The van der Waals surface area contributed by atoms with Crippen LogP contribution >= 0.6 is 0 Å². The molecule has 0 aliphatic carbocycles. The first-order valence-corrected chi connectivity index (χ1v) is 8.91. The fourth-order valence-electron chi connectivity index (χ4n) is 3.67. The lowest BCUT2D eigenvalue weighted by Crippen LogP contribution is -2.49. The maximum Gasteiger partial charge on any atom is 0.231 e. The highest BCUT2D eigenvalue weighted by Gasteiger charge is 2.34. The van der Waals surface area contributed by atoms with Crippen molar-refractivity contribution in [3.8, 4) is 0 Å². The molecule has 0 saturated carbocycles. The second-order valence-corrected chi connectivity index (χ2v) is 6.87. The van der Waals surface area contributed by atoms with Crippen molar-refractivity contribution in [2.24, 2.45) is 0 Å². The van der Waals surface area contributed by atoms with Crippen molar-refractivity contribution in [3.05, 3.63) is 42.2 Å². The summed E-state index contributed by atoms with van der Waals surface area (Å²) in [6.07, 6.45) is 5.52. The molecular formula is C19H26N4O2. The van der Waals surface area contributed by atoms with Gasteiger partial charge in [-0.15, -0.1) is 6.58 Å². The highest BCUT2D eigenvalue weighted by Crippen LogP contribution is 2.27. The molecule has 1 aromatic heterocycles. The normalized spacial score (nSPS) is 21.5. The van der Waals surface area contributed by atoms with E-state index in [2.05, 4.69) is 21.8 Å².